The smallest absolute Gasteiger partial charge is 0.193 e. The second-order valence-corrected chi connectivity index (χ2v) is 6.85. The maximum absolute atomic E-state index is 6.05. The van der Waals surface area contributed by atoms with E-state index >= 15 is 0 Å². The fourth-order valence-corrected chi connectivity index (χ4v) is 3.32. The molecule has 1 fully saturated rings. The number of ether oxygens (including phenoxy) is 2. The summed E-state index contributed by atoms with van der Waals surface area (Å²) in [5.74, 6) is 2.51. The summed E-state index contributed by atoms with van der Waals surface area (Å²) < 4.78 is 10.5. The highest BCUT2D eigenvalue weighted by molar-refractivity contribution is 14.0. The van der Waals surface area contributed by atoms with Gasteiger partial charge in [0.25, 0.3) is 0 Å². The number of benzene rings is 1. The number of rotatable bonds is 7. The third-order valence-corrected chi connectivity index (χ3v) is 4.50. The Labute approximate surface area is 162 Å². The van der Waals surface area contributed by atoms with E-state index in [1.54, 1.807) is 14.2 Å². The van der Waals surface area contributed by atoms with Gasteiger partial charge in [-0.05, 0) is 42.7 Å². The molecule has 6 heteroatoms. The zero-order valence-corrected chi connectivity index (χ0v) is 17.4. The molecule has 2 rings (SSSR count). The van der Waals surface area contributed by atoms with E-state index in [0.29, 0.717) is 28.8 Å². The first kappa shape index (κ1) is 20.9. The third-order valence-electron chi connectivity index (χ3n) is 4.50. The van der Waals surface area contributed by atoms with Gasteiger partial charge in [0.05, 0.1) is 14.2 Å². The normalized spacial score (nSPS) is 16.1. The highest BCUT2D eigenvalue weighted by Gasteiger charge is 2.37. The molecule has 1 aromatic rings. The molecule has 0 heterocycles. The monoisotopic (exact) mass is 447 g/mol. The topological polar surface area (TPSA) is 68.9 Å². The van der Waals surface area contributed by atoms with Crippen LogP contribution in [0.3, 0.4) is 0 Å². The summed E-state index contributed by atoms with van der Waals surface area (Å²) in [6.07, 6.45) is 5.06. The number of nitrogens with one attached hydrogen (secondary N) is 1. The number of aliphatic imine (C=N–C) groups is 1. The van der Waals surface area contributed by atoms with E-state index in [1.165, 1.54) is 25.7 Å². The predicted octanol–water partition coefficient (Wildman–Crippen LogP) is 4.26. The van der Waals surface area contributed by atoms with Gasteiger partial charge in [-0.2, -0.15) is 0 Å². The van der Waals surface area contributed by atoms with E-state index in [0.717, 1.165) is 12.2 Å². The molecule has 1 aliphatic carbocycles. The van der Waals surface area contributed by atoms with E-state index in [2.05, 4.69) is 24.2 Å². The highest BCUT2D eigenvalue weighted by atomic mass is 127. The molecule has 24 heavy (non-hydrogen) atoms. The molecule has 0 atom stereocenters. The maximum atomic E-state index is 6.05. The van der Waals surface area contributed by atoms with Crippen LogP contribution >= 0.6 is 24.0 Å². The van der Waals surface area contributed by atoms with Crippen LogP contribution in [-0.4, -0.2) is 26.7 Å². The Balaban J connectivity index is 0.00000288. The number of nitrogens with two attached hydrogens (primary N) is 1. The van der Waals surface area contributed by atoms with Crippen LogP contribution < -0.4 is 20.5 Å². The molecular formula is C18H30IN3O2. The molecule has 0 aliphatic heterocycles. The van der Waals surface area contributed by atoms with Gasteiger partial charge in [0.2, 0.25) is 0 Å². The Hall–Kier alpha value is -1.18. The Morgan fingerprint density at radius 1 is 1.25 bits per heavy atom. The zero-order valence-electron chi connectivity index (χ0n) is 15.1. The molecule has 0 unspecified atom stereocenters. The number of methoxy groups -OCH3 is 2. The molecule has 0 saturated heterocycles. The van der Waals surface area contributed by atoms with E-state index in [9.17, 15) is 0 Å². The highest BCUT2D eigenvalue weighted by Crippen LogP contribution is 2.46. The summed E-state index contributed by atoms with van der Waals surface area (Å²) in [5.41, 5.74) is 7.25. The summed E-state index contributed by atoms with van der Waals surface area (Å²) in [4.78, 5) is 4.58. The van der Waals surface area contributed by atoms with Crippen LogP contribution in [0.1, 0.15) is 39.5 Å². The van der Waals surface area contributed by atoms with Crippen LogP contribution in [0.4, 0.5) is 5.69 Å². The van der Waals surface area contributed by atoms with Crippen molar-refractivity contribution in [3.8, 4) is 11.5 Å². The molecule has 1 aromatic carbocycles. The number of hydrogen-bond donors (Lipinski definition) is 2. The molecule has 0 amide bonds. The number of nitrogens with zero attached hydrogens (tertiary/aromatic N) is 1. The second-order valence-electron chi connectivity index (χ2n) is 6.85. The molecule has 136 valence electrons. The predicted molar refractivity (Wildman–Crippen MR) is 111 cm³/mol. The molecular weight excluding hydrogens is 417 g/mol. The summed E-state index contributed by atoms with van der Waals surface area (Å²) in [6.45, 7) is 5.35. The van der Waals surface area contributed by atoms with Gasteiger partial charge in [-0.3, -0.25) is 4.99 Å². The van der Waals surface area contributed by atoms with Crippen LogP contribution in [0.25, 0.3) is 0 Å². The first-order valence-electron chi connectivity index (χ1n) is 8.27. The summed E-state index contributed by atoms with van der Waals surface area (Å²) in [6, 6.07) is 5.60. The Kier molecular flexibility index (Phi) is 8.12. The van der Waals surface area contributed by atoms with E-state index < -0.39 is 0 Å². The molecule has 0 radical (unpaired) electrons. The minimum Gasteiger partial charge on any atom is -0.493 e. The number of halogens is 1. The van der Waals surface area contributed by atoms with Crippen LogP contribution in [0.15, 0.2) is 23.2 Å². The lowest BCUT2D eigenvalue weighted by atomic mass is 9.64. The Morgan fingerprint density at radius 3 is 2.42 bits per heavy atom. The van der Waals surface area contributed by atoms with Crippen molar-refractivity contribution in [2.24, 2.45) is 22.1 Å². The van der Waals surface area contributed by atoms with Crippen molar-refractivity contribution in [2.45, 2.75) is 39.5 Å². The quantitative estimate of drug-likeness (QED) is 0.372. The lowest BCUT2D eigenvalue weighted by Crippen LogP contribution is -2.35. The molecule has 0 bridgehead atoms. The van der Waals surface area contributed by atoms with Gasteiger partial charge in [0.1, 0.15) is 0 Å². The molecule has 5 nitrogen and oxygen atoms in total. The van der Waals surface area contributed by atoms with Crippen molar-refractivity contribution >= 4 is 35.6 Å². The van der Waals surface area contributed by atoms with Gasteiger partial charge in [0.15, 0.2) is 17.5 Å². The van der Waals surface area contributed by atoms with Crippen molar-refractivity contribution in [1.82, 2.24) is 0 Å². The van der Waals surface area contributed by atoms with Gasteiger partial charge >= 0.3 is 0 Å². The lowest BCUT2D eigenvalue weighted by Gasteiger charge is -2.42. The van der Waals surface area contributed by atoms with Crippen LogP contribution in [0, 0.1) is 11.3 Å². The van der Waals surface area contributed by atoms with Gasteiger partial charge in [-0.15, -0.1) is 24.0 Å². The minimum atomic E-state index is 0. The molecule has 3 N–H and O–H groups in total. The van der Waals surface area contributed by atoms with Gasteiger partial charge in [0, 0.05) is 18.3 Å². The summed E-state index contributed by atoms with van der Waals surface area (Å²) in [7, 11) is 3.24. The number of guanidine groups is 1. The minimum absolute atomic E-state index is 0. The van der Waals surface area contributed by atoms with Crippen molar-refractivity contribution in [3.05, 3.63) is 18.2 Å². The standard InChI is InChI=1S/C18H29N3O2.HI/c1-13(2)11-18(8-5-9-18)12-20-17(19)21-14-6-7-15(22-3)16(10-14)23-4;/h6-7,10,13H,5,8-9,11-12H2,1-4H3,(H3,19,20,21);1H. The lowest BCUT2D eigenvalue weighted by molar-refractivity contribution is 0.112. The van der Waals surface area contributed by atoms with Crippen LogP contribution in [-0.2, 0) is 0 Å². The maximum Gasteiger partial charge on any atom is 0.193 e. The first-order chi connectivity index (χ1) is 11.0. The van der Waals surface area contributed by atoms with Crippen molar-refractivity contribution in [1.29, 1.82) is 0 Å². The van der Waals surface area contributed by atoms with E-state index in [1.807, 2.05) is 18.2 Å². The van der Waals surface area contributed by atoms with Crippen LogP contribution in [0.5, 0.6) is 11.5 Å². The zero-order chi connectivity index (χ0) is 16.9. The first-order valence-corrected chi connectivity index (χ1v) is 8.27. The number of hydrogen-bond acceptors (Lipinski definition) is 3. The fraction of sp³-hybridized carbons (Fsp3) is 0.611. The van der Waals surface area contributed by atoms with Crippen LogP contribution in [0.2, 0.25) is 0 Å². The Morgan fingerprint density at radius 2 is 1.92 bits per heavy atom. The van der Waals surface area contributed by atoms with Gasteiger partial charge < -0.3 is 20.5 Å². The second kappa shape index (κ2) is 9.34. The van der Waals surface area contributed by atoms with Crippen molar-refractivity contribution in [3.63, 3.8) is 0 Å². The largest absolute Gasteiger partial charge is 0.493 e. The molecule has 1 aliphatic rings. The van der Waals surface area contributed by atoms with Gasteiger partial charge in [-0.25, -0.2) is 0 Å². The van der Waals surface area contributed by atoms with Crippen molar-refractivity contribution < 1.29 is 9.47 Å². The van der Waals surface area contributed by atoms with Crippen molar-refractivity contribution in [2.75, 3.05) is 26.1 Å². The summed E-state index contributed by atoms with van der Waals surface area (Å²) in [5, 5.41) is 3.13. The fourth-order valence-electron chi connectivity index (χ4n) is 3.32. The van der Waals surface area contributed by atoms with E-state index in [4.69, 9.17) is 15.2 Å². The van der Waals surface area contributed by atoms with E-state index in [-0.39, 0.29) is 24.0 Å². The summed E-state index contributed by atoms with van der Waals surface area (Å²) >= 11 is 0. The molecule has 0 spiro atoms. The molecule has 0 aromatic heterocycles. The average Bonchev–Trinajstić information content (AvgIpc) is 2.49. The SMILES string of the molecule is COc1ccc(NC(N)=NCC2(CC(C)C)CCC2)cc1OC.I. The molecule has 1 saturated carbocycles. The number of anilines is 1. The van der Waals surface area contributed by atoms with Gasteiger partial charge in [-0.1, -0.05) is 20.3 Å². The average molecular weight is 447 g/mol. The third kappa shape index (κ3) is 5.43. The Bertz CT molecular complexity index is 557.